The number of hydrogen-bond acceptors (Lipinski definition) is 6. The lowest BCUT2D eigenvalue weighted by Gasteiger charge is -2.45. The van der Waals surface area contributed by atoms with E-state index < -0.39 is 35.3 Å². The van der Waals surface area contributed by atoms with Crippen molar-refractivity contribution in [3.05, 3.63) is 144 Å². The molecule has 6 heteroatoms. The second-order valence-electron chi connectivity index (χ2n) is 10.4. The highest BCUT2D eigenvalue weighted by Gasteiger charge is 2.57. The van der Waals surface area contributed by atoms with Crippen LogP contribution in [0.25, 0.3) is 0 Å². The van der Waals surface area contributed by atoms with Gasteiger partial charge in [0.15, 0.2) is 11.4 Å². The lowest BCUT2D eigenvalue weighted by molar-refractivity contribution is -0.223. The van der Waals surface area contributed by atoms with Gasteiger partial charge in [-0.05, 0) is 22.3 Å². The molecular formula is C34H36O6. The minimum atomic E-state index is -2.49. The fourth-order valence-electron chi connectivity index (χ4n) is 5.19. The molecule has 0 spiro atoms. The van der Waals surface area contributed by atoms with Crippen molar-refractivity contribution < 1.29 is 30.3 Å². The molecule has 40 heavy (non-hydrogen) atoms. The van der Waals surface area contributed by atoms with Gasteiger partial charge in [0.25, 0.3) is 0 Å². The van der Waals surface area contributed by atoms with Gasteiger partial charge in [0.1, 0.15) is 17.8 Å². The molecule has 0 amide bonds. The summed E-state index contributed by atoms with van der Waals surface area (Å²) in [7, 11) is 0. The molecule has 0 saturated heterocycles. The van der Waals surface area contributed by atoms with Crippen molar-refractivity contribution in [3.8, 4) is 0 Å². The van der Waals surface area contributed by atoms with Crippen LogP contribution in [0.15, 0.2) is 121 Å². The molecule has 0 fully saturated rings. The van der Waals surface area contributed by atoms with Crippen molar-refractivity contribution >= 4 is 5.78 Å². The van der Waals surface area contributed by atoms with Gasteiger partial charge in [-0.3, -0.25) is 4.79 Å². The molecule has 0 heterocycles. The van der Waals surface area contributed by atoms with Crippen molar-refractivity contribution in [2.75, 3.05) is 0 Å². The Morgan fingerprint density at radius 3 is 1.45 bits per heavy atom. The minimum Gasteiger partial charge on any atom is -0.390 e. The molecule has 0 aliphatic rings. The van der Waals surface area contributed by atoms with Gasteiger partial charge in [-0.15, -0.1) is 0 Å². The summed E-state index contributed by atoms with van der Waals surface area (Å²) in [6, 6.07) is 35.2. The number of carbonyl (C=O) groups excluding carboxylic acids is 1. The minimum absolute atomic E-state index is 0.0130. The van der Waals surface area contributed by atoms with Gasteiger partial charge in [-0.2, -0.15) is 0 Å². The zero-order valence-electron chi connectivity index (χ0n) is 22.3. The zero-order chi connectivity index (χ0) is 28.6. The van der Waals surface area contributed by atoms with Gasteiger partial charge in [0.2, 0.25) is 0 Å². The zero-order valence-corrected chi connectivity index (χ0v) is 22.3. The first-order valence-electron chi connectivity index (χ1n) is 13.4. The molecule has 4 aromatic carbocycles. The first-order chi connectivity index (χ1) is 19.2. The van der Waals surface area contributed by atoms with Crippen LogP contribution in [0.1, 0.15) is 22.3 Å². The first-order valence-corrected chi connectivity index (χ1v) is 13.4. The Bertz CT molecular complexity index is 1330. The largest absolute Gasteiger partial charge is 0.390 e. The number of aliphatic hydroxyl groups is 5. The van der Waals surface area contributed by atoms with E-state index in [0.717, 1.165) is 0 Å². The van der Waals surface area contributed by atoms with E-state index in [4.69, 9.17) is 0 Å². The van der Waals surface area contributed by atoms with E-state index in [1.165, 1.54) is 0 Å². The molecule has 208 valence electrons. The number of carbonyl (C=O) groups is 1. The molecule has 0 bridgehead atoms. The maximum Gasteiger partial charge on any atom is 0.171 e. The van der Waals surface area contributed by atoms with Crippen LogP contribution < -0.4 is 0 Å². The summed E-state index contributed by atoms with van der Waals surface area (Å²) in [5, 5.41) is 58.5. The molecule has 0 aliphatic heterocycles. The Kier molecular flexibility index (Phi) is 9.63. The monoisotopic (exact) mass is 540 g/mol. The molecule has 0 aromatic heterocycles. The quantitative estimate of drug-likeness (QED) is 0.178. The molecule has 4 aromatic rings. The summed E-state index contributed by atoms with van der Waals surface area (Å²) in [5.41, 5.74) is -2.54. The summed E-state index contributed by atoms with van der Waals surface area (Å²) >= 11 is 0. The van der Waals surface area contributed by atoms with Crippen LogP contribution in [0.2, 0.25) is 0 Å². The van der Waals surface area contributed by atoms with Crippen LogP contribution in [-0.2, 0) is 30.5 Å². The highest BCUT2D eigenvalue weighted by atomic mass is 16.4. The lowest BCUT2D eigenvalue weighted by Crippen LogP contribution is -2.68. The molecule has 6 nitrogen and oxygen atoms in total. The fourth-order valence-corrected chi connectivity index (χ4v) is 5.19. The third-order valence-corrected chi connectivity index (χ3v) is 7.43. The Labute approximate surface area is 234 Å². The smallest absolute Gasteiger partial charge is 0.171 e. The standard InChI is InChI=1S/C34H36O6/c35-29(21-25-13-5-1-6-14-25)31(37)34(40,24-28-19-11-4-12-20-28)32(38)33(39,23-27-17-9-3-10-18-27)30(36)22-26-15-7-2-8-16-26/h1-20,29,31-32,35,37-40H,21-24H2/t29?,31-,32-,33-,34-/m1/s1. The lowest BCUT2D eigenvalue weighted by atomic mass is 9.70. The van der Waals surface area contributed by atoms with E-state index in [2.05, 4.69) is 0 Å². The van der Waals surface area contributed by atoms with E-state index >= 15 is 0 Å². The number of Topliss-reactive ketones (excluding diaryl/α,β-unsaturated/α-hetero) is 1. The predicted molar refractivity (Wildman–Crippen MR) is 154 cm³/mol. The highest BCUT2D eigenvalue weighted by molar-refractivity contribution is 5.90. The number of rotatable bonds is 13. The van der Waals surface area contributed by atoms with E-state index in [1.54, 1.807) is 109 Å². The predicted octanol–water partition coefficient (Wildman–Crippen LogP) is 3.07. The van der Waals surface area contributed by atoms with E-state index in [-0.39, 0.29) is 25.7 Å². The molecule has 4 rings (SSSR count). The van der Waals surface area contributed by atoms with Gasteiger partial charge in [0, 0.05) is 25.7 Å². The molecule has 5 atom stereocenters. The summed E-state index contributed by atoms with van der Waals surface area (Å²) in [6.45, 7) is 0. The summed E-state index contributed by atoms with van der Waals surface area (Å²) < 4.78 is 0. The van der Waals surface area contributed by atoms with Gasteiger partial charge in [-0.1, -0.05) is 121 Å². The second-order valence-corrected chi connectivity index (χ2v) is 10.4. The number of hydrogen-bond donors (Lipinski definition) is 5. The molecule has 0 saturated carbocycles. The molecule has 0 aliphatic carbocycles. The summed E-state index contributed by atoms with van der Waals surface area (Å²) in [5.74, 6) is -0.716. The van der Waals surface area contributed by atoms with E-state index in [1.807, 2.05) is 12.1 Å². The van der Waals surface area contributed by atoms with Gasteiger partial charge < -0.3 is 25.5 Å². The third-order valence-electron chi connectivity index (χ3n) is 7.43. The van der Waals surface area contributed by atoms with Crippen molar-refractivity contribution in [3.63, 3.8) is 0 Å². The third kappa shape index (κ3) is 6.91. The maximum atomic E-state index is 13.8. The topological polar surface area (TPSA) is 118 Å². The van der Waals surface area contributed by atoms with Gasteiger partial charge >= 0.3 is 0 Å². The molecule has 0 radical (unpaired) electrons. The number of aliphatic hydroxyl groups excluding tert-OH is 3. The highest BCUT2D eigenvalue weighted by Crippen LogP contribution is 2.34. The SMILES string of the molecule is O=C(Cc1ccccc1)[C@](O)(Cc1ccccc1)[C@@H](O)[C@@](O)(Cc1ccccc1)[C@H](O)C(O)Cc1ccccc1. The van der Waals surface area contributed by atoms with Crippen molar-refractivity contribution in [2.24, 2.45) is 0 Å². The van der Waals surface area contributed by atoms with Crippen molar-refractivity contribution in [1.29, 1.82) is 0 Å². The molecule has 1 unspecified atom stereocenters. The fraction of sp³-hybridized carbons (Fsp3) is 0.265. The van der Waals surface area contributed by atoms with Crippen molar-refractivity contribution in [2.45, 2.75) is 55.2 Å². The first kappa shape index (κ1) is 29.3. The van der Waals surface area contributed by atoms with Crippen LogP contribution in [0.3, 0.4) is 0 Å². The summed E-state index contributed by atoms with van der Waals surface area (Å²) in [6.07, 6.45) is -6.41. The Morgan fingerprint density at radius 1 is 0.575 bits per heavy atom. The average molecular weight is 541 g/mol. The Morgan fingerprint density at radius 2 is 0.975 bits per heavy atom. The number of benzene rings is 4. The van der Waals surface area contributed by atoms with Gasteiger partial charge in [-0.25, -0.2) is 0 Å². The molecular weight excluding hydrogens is 504 g/mol. The van der Waals surface area contributed by atoms with E-state index in [9.17, 15) is 30.3 Å². The van der Waals surface area contributed by atoms with Crippen molar-refractivity contribution in [1.82, 2.24) is 0 Å². The van der Waals surface area contributed by atoms with Crippen LogP contribution in [0.4, 0.5) is 0 Å². The maximum absolute atomic E-state index is 13.8. The average Bonchev–Trinajstić information content (AvgIpc) is 2.98. The Hall–Kier alpha value is -3.65. The van der Waals surface area contributed by atoms with Crippen LogP contribution >= 0.6 is 0 Å². The summed E-state index contributed by atoms with van der Waals surface area (Å²) in [4.78, 5) is 13.8. The van der Waals surface area contributed by atoms with Crippen LogP contribution in [-0.4, -0.2) is 60.8 Å². The Balaban J connectivity index is 1.74. The van der Waals surface area contributed by atoms with Gasteiger partial charge in [0.05, 0.1) is 6.10 Å². The van der Waals surface area contributed by atoms with Crippen LogP contribution in [0, 0.1) is 0 Å². The second kappa shape index (κ2) is 13.1. The normalized spacial score (nSPS) is 16.7. The van der Waals surface area contributed by atoms with Crippen LogP contribution in [0.5, 0.6) is 0 Å². The number of ketones is 1. The molecule has 5 N–H and O–H groups in total. The van der Waals surface area contributed by atoms with E-state index in [0.29, 0.717) is 22.3 Å².